The van der Waals surface area contributed by atoms with Crippen LogP contribution in [0.15, 0.2) is 60.7 Å². The maximum atomic E-state index is 3.51. The van der Waals surface area contributed by atoms with Gasteiger partial charge < -0.3 is 0 Å². The fraction of sp³-hybridized carbons (Fsp3) is 0.0769. The molecule has 0 aliphatic heterocycles. The first-order valence-corrected chi connectivity index (χ1v) is 7.51. The summed E-state index contributed by atoms with van der Waals surface area (Å²) in [6.45, 7) is 0. The zero-order valence-electron chi connectivity index (χ0n) is 8.14. The molecule has 2 heteroatoms. The molecule has 0 radical (unpaired) electrons. The van der Waals surface area contributed by atoms with Crippen LogP contribution in [0.4, 0.5) is 0 Å². The summed E-state index contributed by atoms with van der Waals surface area (Å²) >= 11 is 3.51. The highest BCUT2D eigenvalue weighted by Gasteiger charge is 2.12. The van der Waals surface area contributed by atoms with Gasteiger partial charge in [-0.2, -0.15) is 0 Å². The molecule has 0 amide bonds. The molecule has 0 nitrogen and oxygen atoms in total. The van der Waals surface area contributed by atoms with Crippen LogP contribution in [0.3, 0.4) is 0 Å². The number of benzene rings is 2. The standard InChI is InChI=1S/C13H11BrS/c14-15-13(11-7-3-1-4-8-11)12-9-5-2-6-10-12/h1-10,13H. The third kappa shape index (κ3) is 2.64. The van der Waals surface area contributed by atoms with Gasteiger partial charge in [-0.15, -0.1) is 0 Å². The van der Waals surface area contributed by atoms with Gasteiger partial charge in [-0.05, 0) is 25.9 Å². The summed E-state index contributed by atoms with van der Waals surface area (Å²) in [5.74, 6) is 0. The second kappa shape index (κ2) is 5.38. The van der Waals surface area contributed by atoms with E-state index < -0.39 is 0 Å². The van der Waals surface area contributed by atoms with Crippen molar-refractivity contribution in [1.29, 1.82) is 0 Å². The van der Waals surface area contributed by atoms with Crippen molar-refractivity contribution >= 4 is 25.0 Å². The molecule has 0 saturated carbocycles. The van der Waals surface area contributed by atoms with Crippen molar-refractivity contribution in [2.24, 2.45) is 0 Å². The molecule has 15 heavy (non-hydrogen) atoms. The van der Waals surface area contributed by atoms with Crippen LogP contribution in [-0.4, -0.2) is 0 Å². The summed E-state index contributed by atoms with van der Waals surface area (Å²) < 4.78 is 0. The quantitative estimate of drug-likeness (QED) is 0.776. The molecular formula is C13H11BrS. The minimum atomic E-state index is 0.368. The van der Waals surface area contributed by atoms with Gasteiger partial charge in [0.05, 0.1) is 5.25 Å². The zero-order valence-corrected chi connectivity index (χ0v) is 10.5. The SMILES string of the molecule is BrSC(c1ccccc1)c1ccccc1. The van der Waals surface area contributed by atoms with Crippen LogP contribution >= 0.6 is 25.0 Å². The predicted molar refractivity (Wildman–Crippen MR) is 71.2 cm³/mol. The van der Waals surface area contributed by atoms with Gasteiger partial charge in [0.1, 0.15) is 0 Å². The Kier molecular flexibility index (Phi) is 3.87. The Hall–Kier alpha value is -0.730. The third-order valence-electron chi connectivity index (χ3n) is 2.29. The highest BCUT2D eigenvalue weighted by atomic mass is 79.9. The van der Waals surface area contributed by atoms with E-state index in [-0.39, 0.29) is 0 Å². The van der Waals surface area contributed by atoms with Gasteiger partial charge in [-0.3, -0.25) is 0 Å². The van der Waals surface area contributed by atoms with E-state index in [2.05, 4.69) is 63.3 Å². The minimum Gasteiger partial charge on any atom is -0.0704 e. The number of rotatable bonds is 3. The molecule has 0 atom stereocenters. The normalized spacial score (nSPS) is 10.5. The molecule has 2 rings (SSSR count). The Labute approximate surface area is 102 Å². The maximum absolute atomic E-state index is 3.51. The molecule has 0 unspecified atom stereocenters. The van der Waals surface area contributed by atoms with Crippen LogP contribution in [-0.2, 0) is 0 Å². The average molecular weight is 279 g/mol. The summed E-state index contributed by atoms with van der Waals surface area (Å²) in [6, 6.07) is 21.0. The van der Waals surface area contributed by atoms with Gasteiger partial charge in [-0.1, -0.05) is 70.9 Å². The summed E-state index contributed by atoms with van der Waals surface area (Å²) in [7, 11) is 1.69. The van der Waals surface area contributed by atoms with E-state index in [1.807, 2.05) is 12.1 Å². The Balaban J connectivity index is 2.34. The second-order valence-electron chi connectivity index (χ2n) is 3.29. The van der Waals surface area contributed by atoms with Crippen molar-refractivity contribution in [3.8, 4) is 0 Å². The fourth-order valence-electron chi connectivity index (χ4n) is 1.55. The van der Waals surface area contributed by atoms with E-state index in [0.29, 0.717) is 5.25 Å². The lowest BCUT2D eigenvalue weighted by atomic mass is 10.0. The molecule has 0 bridgehead atoms. The van der Waals surface area contributed by atoms with Gasteiger partial charge >= 0.3 is 0 Å². The Morgan fingerprint density at radius 3 is 1.47 bits per heavy atom. The lowest BCUT2D eigenvalue weighted by Crippen LogP contribution is -1.93. The molecule has 0 aromatic heterocycles. The number of hydrogen-bond acceptors (Lipinski definition) is 1. The molecular weight excluding hydrogens is 268 g/mol. The van der Waals surface area contributed by atoms with Gasteiger partial charge in [0.2, 0.25) is 0 Å². The molecule has 0 fully saturated rings. The Bertz CT molecular complexity index is 360. The first-order chi connectivity index (χ1) is 7.42. The largest absolute Gasteiger partial charge is 0.0704 e. The highest BCUT2D eigenvalue weighted by molar-refractivity contribution is 9.50. The topological polar surface area (TPSA) is 0 Å². The van der Waals surface area contributed by atoms with E-state index in [4.69, 9.17) is 0 Å². The van der Waals surface area contributed by atoms with Crippen molar-refractivity contribution in [2.75, 3.05) is 0 Å². The average Bonchev–Trinajstić information content (AvgIpc) is 2.33. The molecule has 2 aromatic rings. The van der Waals surface area contributed by atoms with Crippen LogP contribution in [0.2, 0.25) is 0 Å². The van der Waals surface area contributed by atoms with Crippen LogP contribution in [0.25, 0.3) is 0 Å². The van der Waals surface area contributed by atoms with E-state index in [0.717, 1.165) is 0 Å². The van der Waals surface area contributed by atoms with E-state index in [1.54, 1.807) is 10.2 Å². The fourth-order valence-corrected chi connectivity index (χ4v) is 3.37. The van der Waals surface area contributed by atoms with Gasteiger partial charge in [-0.25, -0.2) is 0 Å². The second-order valence-corrected chi connectivity index (χ2v) is 5.06. The van der Waals surface area contributed by atoms with Crippen molar-refractivity contribution in [1.82, 2.24) is 0 Å². The maximum Gasteiger partial charge on any atom is 0.0656 e. The van der Waals surface area contributed by atoms with Crippen molar-refractivity contribution < 1.29 is 0 Å². The summed E-state index contributed by atoms with van der Waals surface area (Å²) in [4.78, 5) is 0. The first kappa shape index (κ1) is 10.8. The Morgan fingerprint density at radius 1 is 0.733 bits per heavy atom. The number of hydrogen-bond donors (Lipinski definition) is 0. The van der Waals surface area contributed by atoms with E-state index in [1.165, 1.54) is 11.1 Å². The number of halogens is 1. The lowest BCUT2D eigenvalue weighted by molar-refractivity contribution is 1.17. The zero-order chi connectivity index (χ0) is 10.5. The minimum absolute atomic E-state index is 0.368. The summed E-state index contributed by atoms with van der Waals surface area (Å²) in [5, 5.41) is 0.368. The first-order valence-electron chi connectivity index (χ1n) is 4.79. The smallest absolute Gasteiger partial charge is 0.0656 e. The summed E-state index contributed by atoms with van der Waals surface area (Å²) in [6.07, 6.45) is 0. The van der Waals surface area contributed by atoms with Crippen LogP contribution in [0, 0.1) is 0 Å². The molecule has 0 spiro atoms. The third-order valence-corrected chi connectivity index (χ3v) is 4.14. The van der Waals surface area contributed by atoms with Crippen LogP contribution in [0.5, 0.6) is 0 Å². The van der Waals surface area contributed by atoms with Gasteiger partial charge in [0.15, 0.2) is 0 Å². The van der Waals surface area contributed by atoms with Crippen molar-refractivity contribution in [3.05, 3.63) is 71.8 Å². The van der Waals surface area contributed by atoms with Crippen LogP contribution in [0.1, 0.15) is 16.4 Å². The Morgan fingerprint density at radius 2 is 1.13 bits per heavy atom. The molecule has 0 aliphatic carbocycles. The van der Waals surface area contributed by atoms with Crippen molar-refractivity contribution in [2.45, 2.75) is 5.25 Å². The lowest BCUT2D eigenvalue weighted by Gasteiger charge is -2.13. The molecule has 0 aliphatic rings. The molecule has 2 aromatic carbocycles. The predicted octanol–water partition coefficient (Wildman–Crippen LogP) is 4.82. The summed E-state index contributed by atoms with van der Waals surface area (Å²) in [5.41, 5.74) is 2.65. The molecule has 0 saturated heterocycles. The van der Waals surface area contributed by atoms with Gasteiger partial charge in [0, 0.05) is 0 Å². The van der Waals surface area contributed by atoms with E-state index in [9.17, 15) is 0 Å². The van der Waals surface area contributed by atoms with E-state index >= 15 is 0 Å². The highest BCUT2D eigenvalue weighted by Crippen LogP contribution is 2.38. The van der Waals surface area contributed by atoms with Crippen LogP contribution < -0.4 is 0 Å². The van der Waals surface area contributed by atoms with Crippen molar-refractivity contribution in [3.63, 3.8) is 0 Å². The van der Waals surface area contributed by atoms with Gasteiger partial charge in [0.25, 0.3) is 0 Å². The molecule has 76 valence electrons. The molecule has 0 N–H and O–H groups in total. The molecule has 0 heterocycles. The monoisotopic (exact) mass is 278 g/mol.